The molecule has 8 nitrogen and oxygen atoms in total. The molecule has 1 aliphatic heterocycles. The SMILES string of the molecule is CC(Nc1ccn2ncc(C(=O)O)c2n1)C1(O)C=CC(F)=CN1. The summed E-state index contributed by atoms with van der Waals surface area (Å²) >= 11 is 0. The van der Waals surface area contributed by atoms with Crippen molar-refractivity contribution in [2.75, 3.05) is 5.32 Å². The highest BCUT2D eigenvalue weighted by Gasteiger charge is 2.32. The van der Waals surface area contributed by atoms with Crippen LogP contribution in [0.25, 0.3) is 5.65 Å². The highest BCUT2D eigenvalue weighted by molar-refractivity contribution is 5.94. The van der Waals surface area contributed by atoms with Crippen LogP contribution < -0.4 is 10.6 Å². The van der Waals surface area contributed by atoms with Gasteiger partial charge in [0.25, 0.3) is 0 Å². The van der Waals surface area contributed by atoms with Crippen LogP contribution in [0.2, 0.25) is 0 Å². The van der Waals surface area contributed by atoms with Gasteiger partial charge in [-0.15, -0.1) is 0 Å². The lowest BCUT2D eigenvalue weighted by Gasteiger charge is -2.34. The summed E-state index contributed by atoms with van der Waals surface area (Å²) in [7, 11) is 0. The van der Waals surface area contributed by atoms with Crippen molar-refractivity contribution in [1.29, 1.82) is 0 Å². The van der Waals surface area contributed by atoms with Crippen molar-refractivity contribution in [3.63, 3.8) is 0 Å². The van der Waals surface area contributed by atoms with Gasteiger partial charge in [0.05, 0.1) is 12.2 Å². The molecule has 3 heterocycles. The van der Waals surface area contributed by atoms with E-state index in [4.69, 9.17) is 5.11 Å². The van der Waals surface area contributed by atoms with Crippen molar-refractivity contribution in [2.24, 2.45) is 0 Å². The van der Waals surface area contributed by atoms with Gasteiger partial charge in [0.1, 0.15) is 17.2 Å². The van der Waals surface area contributed by atoms with Gasteiger partial charge >= 0.3 is 5.97 Å². The summed E-state index contributed by atoms with van der Waals surface area (Å²) in [5.41, 5.74) is -1.35. The van der Waals surface area contributed by atoms with Gasteiger partial charge in [0.2, 0.25) is 0 Å². The first kappa shape index (κ1) is 15.0. The Kier molecular flexibility index (Phi) is 3.49. The summed E-state index contributed by atoms with van der Waals surface area (Å²) in [6, 6.07) is 1.02. The summed E-state index contributed by atoms with van der Waals surface area (Å²) in [5, 5.41) is 28.9. The van der Waals surface area contributed by atoms with Gasteiger partial charge in [-0.25, -0.2) is 18.7 Å². The Morgan fingerprint density at radius 1 is 1.57 bits per heavy atom. The first-order valence-electron chi connectivity index (χ1n) is 6.78. The lowest BCUT2D eigenvalue weighted by Crippen LogP contribution is -2.53. The van der Waals surface area contributed by atoms with Gasteiger partial charge in [-0.1, -0.05) is 0 Å². The van der Waals surface area contributed by atoms with Gasteiger partial charge in [-0.3, -0.25) is 0 Å². The molecule has 0 saturated carbocycles. The number of halogens is 1. The smallest absolute Gasteiger partial charge is 0.341 e. The van der Waals surface area contributed by atoms with Crippen LogP contribution in [0.5, 0.6) is 0 Å². The number of allylic oxidation sites excluding steroid dienone is 2. The molecule has 0 radical (unpaired) electrons. The molecule has 120 valence electrons. The Hall–Kier alpha value is -2.94. The number of carbonyl (C=O) groups is 1. The van der Waals surface area contributed by atoms with E-state index in [1.165, 1.54) is 16.8 Å². The first-order chi connectivity index (χ1) is 10.9. The maximum atomic E-state index is 13.0. The Balaban J connectivity index is 1.85. The molecule has 2 aromatic heterocycles. The van der Waals surface area contributed by atoms with Gasteiger partial charge < -0.3 is 20.8 Å². The fourth-order valence-electron chi connectivity index (χ4n) is 2.19. The number of anilines is 1. The number of carboxylic acids is 1. The van der Waals surface area contributed by atoms with Crippen LogP contribution in [-0.4, -0.2) is 42.5 Å². The van der Waals surface area contributed by atoms with E-state index >= 15 is 0 Å². The first-order valence-corrected chi connectivity index (χ1v) is 6.78. The zero-order chi connectivity index (χ0) is 16.6. The zero-order valence-electron chi connectivity index (χ0n) is 12.1. The average molecular weight is 319 g/mol. The molecule has 0 amide bonds. The number of carboxylic acid groups (broad SMARTS) is 1. The molecule has 2 unspecified atom stereocenters. The van der Waals surface area contributed by atoms with Crippen LogP contribution in [0.15, 0.2) is 42.6 Å². The molecule has 0 spiro atoms. The normalized spacial score (nSPS) is 21.6. The Bertz CT molecular complexity index is 831. The van der Waals surface area contributed by atoms with E-state index in [9.17, 15) is 14.3 Å². The summed E-state index contributed by atoms with van der Waals surface area (Å²) in [4.78, 5) is 15.3. The van der Waals surface area contributed by atoms with E-state index < -0.39 is 23.6 Å². The van der Waals surface area contributed by atoms with Crippen LogP contribution >= 0.6 is 0 Å². The highest BCUT2D eigenvalue weighted by atomic mass is 19.1. The van der Waals surface area contributed by atoms with Crippen LogP contribution in [0.1, 0.15) is 17.3 Å². The lowest BCUT2D eigenvalue weighted by atomic mass is 10.0. The third-order valence-corrected chi connectivity index (χ3v) is 3.56. The topological polar surface area (TPSA) is 112 Å². The molecule has 2 atom stereocenters. The second-order valence-electron chi connectivity index (χ2n) is 5.14. The van der Waals surface area contributed by atoms with E-state index in [-0.39, 0.29) is 11.2 Å². The van der Waals surface area contributed by atoms with Crippen molar-refractivity contribution in [2.45, 2.75) is 18.7 Å². The molecule has 1 aliphatic rings. The van der Waals surface area contributed by atoms with Gasteiger partial charge in [-0.2, -0.15) is 5.10 Å². The Morgan fingerprint density at radius 3 is 3.00 bits per heavy atom. The molecule has 9 heteroatoms. The predicted octanol–water partition coefficient (Wildman–Crippen LogP) is 0.887. The number of nitrogens with zero attached hydrogens (tertiary/aromatic N) is 3. The summed E-state index contributed by atoms with van der Waals surface area (Å²) < 4.78 is 14.3. The second kappa shape index (κ2) is 5.36. The summed E-state index contributed by atoms with van der Waals surface area (Å²) in [6.45, 7) is 1.68. The van der Waals surface area contributed by atoms with Crippen LogP contribution in [0.3, 0.4) is 0 Å². The van der Waals surface area contributed by atoms with Crippen LogP contribution in [0, 0.1) is 0 Å². The minimum absolute atomic E-state index is 0.0271. The Morgan fingerprint density at radius 2 is 2.35 bits per heavy atom. The van der Waals surface area contributed by atoms with Gasteiger partial charge in [0.15, 0.2) is 11.4 Å². The molecule has 0 saturated heterocycles. The standard InChI is InChI=1S/C14H14FN5O3/c1-8(14(23)4-2-9(15)6-16-14)18-11-3-5-20-12(19-11)10(7-17-20)13(21)22/h2-8,16,23H,1H3,(H,18,19)(H,21,22). The molecule has 0 bridgehead atoms. The average Bonchev–Trinajstić information content (AvgIpc) is 2.93. The molecule has 4 N–H and O–H groups in total. The number of aliphatic hydroxyl groups is 1. The maximum Gasteiger partial charge on any atom is 0.341 e. The fourth-order valence-corrected chi connectivity index (χ4v) is 2.19. The minimum Gasteiger partial charge on any atom is -0.477 e. The molecule has 0 aromatic carbocycles. The van der Waals surface area contributed by atoms with Crippen molar-refractivity contribution >= 4 is 17.4 Å². The second-order valence-corrected chi connectivity index (χ2v) is 5.14. The molecular formula is C14H14FN5O3. The van der Waals surface area contributed by atoms with Crippen molar-refractivity contribution < 1.29 is 19.4 Å². The van der Waals surface area contributed by atoms with E-state index in [0.29, 0.717) is 5.82 Å². The zero-order valence-corrected chi connectivity index (χ0v) is 12.1. The number of aromatic nitrogens is 3. The molecule has 0 aliphatic carbocycles. The molecule has 23 heavy (non-hydrogen) atoms. The number of aromatic carboxylic acids is 1. The van der Waals surface area contributed by atoms with Crippen LogP contribution in [-0.2, 0) is 0 Å². The van der Waals surface area contributed by atoms with Crippen LogP contribution in [0.4, 0.5) is 10.2 Å². The maximum absolute atomic E-state index is 13.0. The quantitative estimate of drug-likeness (QED) is 0.662. The monoisotopic (exact) mass is 319 g/mol. The van der Waals surface area contributed by atoms with E-state index in [1.54, 1.807) is 19.2 Å². The third-order valence-electron chi connectivity index (χ3n) is 3.56. The lowest BCUT2D eigenvalue weighted by molar-refractivity contribution is 0.0512. The fraction of sp³-hybridized carbons (Fsp3) is 0.214. The minimum atomic E-state index is -1.50. The van der Waals surface area contributed by atoms with Crippen molar-refractivity contribution in [1.82, 2.24) is 19.9 Å². The van der Waals surface area contributed by atoms with Gasteiger partial charge in [-0.05, 0) is 25.1 Å². The highest BCUT2D eigenvalue weighted by Crippen LogP contribution is 2.20. The Labute approximate surface area is 130 Å². The number of nitrogens with one attached hydrogen (secondary N) is 2. The summed E-state index contributed by atoms with van der Waals surface area (Å²) in [6.07, 6.45) is 6.28. The summed E-state index contributed by atoms with van der Waals surface area (Å²) in [5.74, 6) is -1.27. The largest absolute Gasteiger partial charge is 0.477 e. The van der Waals surface area contributed by atoms with E-state index in [0.717, 1.165) is 12.3 Å². The third kappa shape index (κ3) is 2.73. The molecule has 0 fully saturated rings. The number of dihydropyridines is 1. The number of fused-ring (bicyclic) bond motifs is 1. The number of rotatable bonds is 4. The molecular weight excluding hydrogens is 305 g/mol. The number of hydrogen-bond donors (Lipinski definition) is 4. The van der Waals surface area contributed by atoms with E-state index in [1.807, 2.05) is 0 Å². The van der Waals surface area contributed by atoms with Crippen molar-refractivity contribution in [3.05, 3.63) is 48.2 Å². The van der Waals surface area contributed by atoms with Crippen molar-refractivity contribution in [3.8, 4) is 0 Å². The predicted molar refractivity (Wildman–Crippen MR) is 79.4 cm³/mol. The van der Waals surface area contributed by atoms with Gasteiger partial charge in [0, 0.05) is 12.4 Å². The molecule has 2 aromatic rings. The number of hydrogen-bond acceptors (Lipinski definition) is 6. The van der Waals surface area contributed by atoms with E-state index in [2.05, 4.69) is 20.7 Å². The molecule has 3 rings (SSSR count).